The molecule has 2 rings (SSSR count). The Morgan fingerprint density at radius 3 is 2.76 bits per heavy atom. The van der Waals surface area contributed by atoms with Crippen molar-refractivity contribution >= 4 is 5.97 Å². The third-order valence-corrected chi connectivity index (χ3v) is 3.51. The molecule has 92 valence electrons. The number of carbonyl (C=O) groups is 1. The quantitative estimate of drug-likeness (QED) is 0.824. The Balaban J connectivity index is 2.52. The normalized spacial score (nSPS) is 23.2. The lowest BCUT2D eigenvalue weighted by Gasteiger charge is -2.32. The van der Waals surface area contributed by atoms with E-state index in [9.17, 15) is 9.90 Å². The maximum absolute atomic E-state index is 11.4. The van der Waals surface area contributed by atoms with E-state index < -0.39 is 12.0 Å². The number of nitrogens with one attached hydrogen (secondary N) is 1. The smallest absolute Gasteiger partial charge is 0.325 e. The molecule has 3 nitrogen and oxygen atoms in total. The number of rotatable bonds is 2. The van der Waals surface area contributed by atoms with Crippen LogP contribution in [0.25, 0.3) is 0 Å². The summed E-state index contributed by atoms with van der Waals surface area (Å²) in [5, 5.41) is 12.5. The molecular weight excluding hydrogens is 214 g/mol. The summed E-state index contributed by atoms with van der Waals surface area (Å²) < 4.78 is 0. The van der Waals surface area contributed by atoms with Crippen LogP contribution in [0.1, 0.15) is 41.6 Å². The van der Waals surface area contributed by atoms with Gasteiger partial charge >= 0.3 is 5.97 Å². The molecule has 17 heavy (non-hydrogen) atoms. The molecule has 0 spiro atoms. The zero-order chi connectivity index (χ0) is 12.6. The van der Waals surface area contributed by atoms with E-state index in [0.717, 1.165) is 24.0 Å². The van der Waals surface area contributed by atoms with E-state index in [1.54, 1.807) is 0 Å². The van der Waals surface area contributed by atoms with Gasteiger partial charge in [-0.2, -0.15) is 0 Å². The van der Waals surface area contributed by atoms with Crippen molar-refractivity contribution in [1.82, 2.24) is 5.32 Å². The Morgan fingerprint density at radius 1 is 1.47 bits per heavy atom. The van der Waals surface area contributed by atoms with Crippen LogP contribution < -0.4 is 5.32 Å². The molecule has 0 saturated heterocycles. The first-order valence-electron chi connectivity index (χ1n) is 6.11. The molecule has 0 amide bonds. The highest BCUT2D eigenvalue weighted by Gasteiger charge is 2.31. The number of benzene rings is 1. The zero-order valence-electron chi connectivity index (χ0n) is 10.6. The predicted molar refractivity (Wildman–Crippen MR) is 67.2 cm³/mol. The molecule has 2 atom stereocenters. The van der Waals surface area contributed by atoms with Crippen LogP contribution >= 0.6 is 0 Å². The van der Waals surface area contributed by atoms with Gasteiger partial charge in [0.25, 0.3) is 0 Å². The van der Waals surface area contributed by atoms with Gasteiger partial charge in [0.2, 0.25) is 0 Å². The Morgan fingerprint density at radius 2 is 2.18 bits per heavy atom. The molecule has 1 aromatic rings. The first kappa shape index (κ1) is 12.1. The number of hydrogen-bond acceptors (Lipinski definition) is 2. The molecule has 0 saturated carbocycles. The average molecular weight is 233 g/mol. The highest BCUT2D eigenvalue weighted by Crippen LogP contribution is 2.30. The van der Waals surface area contributed by atoms with Gasteiger partial charge in [0.05, 0.1) is 0 Å². The number of aliphatic carboxylic acids is 1. The Kier molecular flexibility index (Phi) is 3.20. The summed E-state index contributed by atoms with van der Waals surface area (Å²) in [6, 6.07) is 3.90. The summed E-state index contributed by atoms with van der Waals surface area (Å²) in [7, 11) is 0. The van der Waals surface area contributed by atoms with Gasteiger partial charge in [0.1, 0.15) is 6.04 Å². The first-order chi connectivity index (χ1) is 8.02. The van der Waals surface area contributed by atoms with Crippen molar-refractivity contribution in [2.75, 3.05) is 0 Å². The van der Waals surface area contributed by atoms with E-state index in [4.69, 9.17) is 0 Å². The minimum atomic E-state index is -0.781. The van der Waals surface area contributed by atoms with Crippen LogP contribution in [-0.4, -0.2) is 17.1 Å². The summed E-state index contributed by atoms with van der Waals surface area (Å²) in [6.45, 7) is 6.14. The van der Waals surface area contributed by atoms with E-state index >= 15 is 0 Å². The summed E-state index contributed by atoms with van der Waals surface area (Å²) in [5.41, 5.74) is 4.45. The van der Waals surface area contributed by atoms with Crippen molar-refractivity contribution in [2.24, 2.45) is 0 Å². The van der Waals surface area contributed by atoms with Crippen molar-refractivity contribution in [3.63, 3.8) is 0 Å². The van der Waals surface area contributed by atoms with Gasteiger partial charge in [-0.05, 0) is 43.4 Å². The zero-order valence-corrected chi connectivity index (χ0v) is 10.6. The predicted octanol–water partition coefficient (Wildman–Crippen LogP) is 2.35. The highest BCUT2D eigenvalue weighted by molar-refractivity contribution is 5.77. The van der Waals surface area contributed by atoms with Crippen LogP contribution in [0.5, 0.6) is 0 Å². The van der Waals surface area contributed by atoms with Crippen molar-refractivity contribution in [3.8, 4) is 0 Å². The minimum Gasteiger partial charge on any atom is -0.480 e. The number of hydrogen-bond donors (Lipinski definition) is 2. The molecule has 0 aromatic heterocycles. The fourth-order valence-corrected chi connectivity index (χ4v) is 2.75. The number of carboxylic acids is 1. The van der Waals surface area contributed by atoms with E-state index in [1.807, 2.05) is 6.92 Å². The lowest BCUT2D eigenvalue weighted by molar-refractivity contribution is -0.140. The molecule has 1 heterocycles. The van der Waals surface area contributed by atoms with Gasteiger partial charge in [-0.1, -0.05) is 24.6 Å². The Labute approximate surface area is 102 Å². The summed E-state index contributed by atoms with van der Waals surface area (Å²) >= 11 is 0. The van der Waals surface area contributed by atoms with Crippen LogP contribution in [0, 0.1) is 13.8 Å². The van der Waals surface area contributed by atoms with Crippen LogP contribution in [-0.2, 0) is 11.2 Å². The SMILES string of the molecule is CCC1Cc2cc(C)cc(C)c2C(C(=O)O)N1. The molecule has 0 fully saturated rings. The molecule has 1 aromatic carbocycles. The van der Waals surface area contributed by atoms with Crippen molar-refractivity contribution in [1.29, 1.82) is 0 Å². The van der Waals surface area contributed by atoms with Crippen LogP contribution in [0.15, 0.2) is 12.1 Å². The lowest BCUT2D eigenvalue weighted by Crippen LogP contribution is -2.43. The van der Waals surface area contributed by atoms with Crippen molar-refractivity contribution < 1.29 is 9.90 Å². The maximum atomic E-state index is 11.4. The Bertz CT molecular complexity index is 454. The third-order valence-electron chi connectivity index (χ3n) is 3.51. The average Bonchev–Trinajstić information content (AvgIpc) is 2.26. The third kappa shape index (κ3) is 2.20. The van der Waals surface area contributed by atoms with Crippen LogP contribution in [0.2, 0.25) is 0 Å². The number of fused-ring (bicyclic) bond motifs is 1. The second-order valence-corrected chi connectivity index (χ2v) is 4.90. The second-order valence-electron chi connectivity index (χ2n) is 4.90. The lowest BCUT2D eigenvalue weighted by atomic mass is 9.85. The first-order valence-corrected chi connectivity index (χ1v) is 6.11. The number of carboxylic acid groups (broad SMARTS) is 1. The van der Waals surface area contributed by atoms with Crippen molar-refractivity contribution in [2.45, 2.75) is 45.7 Å². The topological polar surface area (TPSA) is 49.3 Å². The van der Waals surface area contributed by atoms with Crippen LogP contribution in [0.3, 0.4) is 0 Å². The van der Waals surface area contributed by atoms with Gasteiger partial charge in [0.15, 0.2) is 0 Å². The minimum absolute atomic E-state index is 0.268. The van der Waals surface area contributed by atoms with E-state index in [-0.39, 0.29) is 6.04 Å². The molecule has 2 N–H and O–H groups in total. The second kappa shape index (κ2) is 4.49. The van der Waals surface area contributed by atoms with E-state index in [1.165, 1.54) is 11.1 Å². The van der Waals surface area contributed by atoms with Gasteiger partial charge in [0, 0.05) is 6.04 Å². The fourth-order valence-electron chi connectivity index (χ4n) is 2.75. The van der Waals surface area contributed by atoms with Gasteiger partial charge in [-0.3, -0.25) is 10.1 Å². The van der Waals surface area contributed by atoms with E-state index in [2.05, 4.69) is 31.3 Å². The van der Waals surface area contributed by atoms with Gasteiger partial charge in [-0.15, -0.1) is 0 Å². The van der Waals surface area contributed by atoms with Crippen molar-refractivity contribution in [3.05, 3.63) is 34.4 Å². The van der Waals surface area contributed by atoms with Crippen LogP contribution in [0.4, 0.5) is 0 Å². The van der Waals surface area contributed by atoms with Gasteiger partial charge in [-0.25, -0.2) is 0 Å². The molecule has 0 aliphatic carbocycles. The highest BCUT2D eigenvalue weighted by atomic mass is 16.4. The monoisotopic (exact) mass is 233 g/mol. The largest absolute Gasteiger partial charge is 0.480 e. The number of aryl methyl sites for hydroxylation is 2. The molecule has 0 bridgehead atoms. The summed E-state index contributed by atoms with van der Waals surface area (Å²) in [5.74, 6) is -0.781. The molecule has 1 aliphatic rings. The molecule has 3 heteroatoms. The van der Waals surface area contributed by atoms with Gasteiger partial charge < -0.3 is 5.11 Å². The maximum Gasteiger partial charge on any atom is 0.325 e. The fraction of sp³-hybridized carbons (Fsp3) is 0.500. The molecule has 1 aliphatic heterocycles. The molecule has 0 radical (unpaired) electrons. The summed E-state index contributed by atoms with van der Waals surface area (Å²) in [6.07, 6.45) is 1.88. The van der Waals surface area contributed by atoms with E-state index in [0.29, 0.717) is 0 Å². The molecular formula is C14H19NO2. The molecule has 2 unspecified atom stereocenters. The standard InChI is InChI=1S/C14H19NO2/c1-4-11-7-10-6-8(2)5-9(3)12(10)13(15-11)14(16)17/h5-6,11,13,15H,4,7H2,1-3H3,(H,16,17). The summed E-state index contributed by atoms with van der Waals surface area (Å²) in [4.78, 5) is 11.4. The Hall–Kier alpha value is -1.35.